The number of likely N-dealkylation sites (N-methyl/N-ethyl adjacent to an activating group) is 1. The van der Waals surface area contributed by atoms with Gasteiger partial charge in [0, 0.05) is 18.5 Å². The van der Waals surface area contributed by atoms with Crippen molar-refractivity contribution in [2.45, 2.75) is 12.8 Å². The summed E-state index contributed by atoms with van der Waals surface area (Å²) in [4.78, 5) is 15.3. The summed E-state index contributed by atoms with van der Waals surface area (Å²) in [5.41, 5.74) is 0.984. The van der Waals surface area contributed by atoms with E-state index < -0.39 is 0 Å². The molecule has 0 N–H and O–H groups in total. The van der Waals surface area contributed by atoms with Crippen molar-refractivity contribution in [3.63, 3.8) is 0 Å². The number of carbonyl (C=O) groups excluding carboxylic acids is 1. The Morgan fingerprint density at radius 2 is 2.15 bits per heavy atom. The molecule has 0 bridgehead atoms. The Balaban J connectivity index is 1.86. The maximum atomic E-state index is 12.2. The maximum absolute atomic E-state index is 12.2. The molecule has 20 heavy (non-hydrogen) atoms. The van der Waals surface area contributed by atoms with Gasteiger partial charge in [-0.25, -0.2) is 0 Å². The molecular weight excluding hydrogens is 270 g/mol. The summed E-state index contributed by atoms with van der Waals surface area (Å²) in [6.45, 7) is 0.753. The number of ether oxygens (including phenoxy) is 1. The normalized spacial score (nSPS) is 10.3. The van der Waals surface area contributed by atoms with Crippen molar-refractivity contribution in [3.8, 4) is 5.75 Å². The number of benzene rings is 1. The molecule has 0 aliphatic heterocycles. The van der Waals surface area contributed by atoms with E-state index in [0.717, 1.165) is 24.3 Å². The van der Waals surface area contributed by atoms with E-state index >= 15 is 0 Å². The van der Waals surface area contributed by atoms with Gasteiger partial charge in [0.1, 0.15) is 5.75 Å². The average Bonchev–Trinajstić information content (AvgIpc) is 2.98. The van der Waals surface area contributed by atoms with Crippen LogP contribution in [0.1, 0.15) is 10.4 Å². The molecule has 2 rings (SSSR count). The van der Waals surface area contributed by atoms with Crippen molar-refractivity contribution in [3.05, 3.63) is 52.2 Å². The fourth-order valence-electron chi connectivity index (χ4n) is 1.95. The first-order valence-electron chi connectivity index (χ1n) is 6.58. The molecule has 3 nitrogen and oxygen atoms in total. The number of carbonyl (C=O) groups is 1. The second kappa shape index (κ2) is 7.10. The Kier molecular flexibility index (Phi) is 5.18. The lowest BCUT2D eigenvalue weighted by Gasteiger charge is -2.17. The predicted octanol–water partition coefficient (Wildman–Crippen LogP) is 3.00. The fourth-order valence-corrected chi connectivity index (χ4v) is 2.65. The molecular formula is C16H19NO2S. The zero-order chi connectivity index (χ0) is 14.4. The first kappa shape index (κ1) is 14.6. The van der Waals surface area contributed by atoms with Gasteiger partial charge in [-0.1, -0.05) is 18.2 Å². The number of amides is 1. The summed E-state index contributed by atoms with van der Waals surface area (Å²) >= 11 is 1.73. The van der Waals surface area contributed by atoms with Crippen LogP contribution in [0.2, 0.25) is 0 Å². The van der Waals surface area contributed by atoms with E-state index in [-0.39, 0.29) is 5.91 Å². The molecule has 0 fully saturated rings. The standard InChI is InChI=1S/C16H19NO2S/c1-17(9-8-15-7-4-10-20-15)16(18)12-13-5-3-6-14(11-13)19-2/h3-7,10-11H,8-9,12H2,1-2H3. The fraction of sp³-hybridized carbons (Fsp3) is 0.312. The van der Waals surface area contributed by atoms with Gasteiger partial charge in [0.15, 0.2) is 0 Å². The Morgan fingerprint density at radius 1 is 1.30 bits per heavy atom. The molecule has 0 radical (unpaired) electrons. The molecule has 1 aromatic heterocycles. The van der Waals surface area contributed by atoms with Gasteiger partial charge in [-0.15, -0.1) is 11.3 Å². The van der Waals surface area contributed by atoms with Gasteiger partial charge in [0.25, 0.3) is 0 Å². The highest BCUT2D eigenvalue weighted by Crippen LogP contribution is 2.14. The highest BCUT2D eigenvalue weighted by molar-refractivity contribution is 7.09. The van der Waals surface area contributed by atoms with Crippen LogP contribution in [0.5, 0.6) is 5.75 Å². The minimum atomic E-state index is 0.134. The summed E-state index contributed by atoms with van der Waals surface area (Å²) in [5, 5.41) is 2.06. The smallest absolute Gasteiger partial charge is 0.226 e. The van der Waals surface area contributed by atoms with Gasteiger partial charge in [-0.05, 0) is 35.6 Å². The third kappa shape index (κ3) is 4.10. The van der Waals surface area contributed by atoms with Gasteiger partial charge in [-0.2, -0.15) is 0 Å². The van der Waals surface area contributed by atoms with E-state index in [4.69, 9.17) is 4.74 Å². The van der Waals surface area contributed by atoms with Crippen molar-refractivity contribution in [2.24, 2.45) is 0 Å². The second-order valence-electron chi connectivity index (χ2n) is 4.67. The van der Waals surface area contributed by atoms with Crippen molar-refractivity contribution in [1.29, 1.82) is 0 Å². The van der Waals surface area contributed by atoms with Crippen LogP contribution in [0.4, 0.5) is 0 Å². The molecule has 1 amide bonds. The average molecular weight is 289 g/mol. The molecule has 0 atom stereocenters. The van der Waals surface area contributed by atoms with E-state index in [0.29, 0.717) is 6.42 Å². The number of rotatable bonds is 6. The molecule has 106 valence electrons. The molecule has 0 unspecified atom stereocenters. The van der Waals surface area contributed by atoms with E-state index in [2.05, 4.69) is 11.4 Å². The zero-order valence-electron chi connectivity index (χ0n) is 11.8. The van der Waals surface area contributed by atoms with E-state index in [9.17, 15) is 4.79 Å². The quantitative estimate of drug-likeness (QED) is 0.818. The summed E-state index contributed by atoms with van der Waals surface area (Å²) in [6.07, 6.45) is 1.33. The molecule has 1 aromatic carbocycles. The molecule has 0 aliphatic rings. The van der Waals surface area contributed by atoms with Gasteiger partial charge in [0.05, 0.1) is 13.5 Å². The molecule has 0 spiro atoms. The van der Waals surface area contributed by atoms with Crippen LogP contribution in [-0.4, -0.2) is 31.5 Å². The largest absolute Gasteiger partial charge is 0.497 e. The Bertz CT molecular complexity index is 551. The maximum Gasteiger partial charge on any atom is 0.226 e. The highest BCUT2D eigenvalue weighted by Gasteiger charge is 2.10. The van der Waals surface area contributed by atoms with Gasteiger partial charge < -0.3 is 9.64 Å². The van der Waals surface area contributed by atoms with Crippen LogP contribution in [-0.2, 0) is 17.6 Å². The molecule has 4 heteroatoms. The summed E-state index contributed by atoms with van der Waals surface area (Å²) in [5.74, 6) is 0.923. The number of hydrogen-bond donors (Lipinski definition) is 0. The zero-order valence-corrected chi connectivity index (χ0v) is 12.7. The topological polar surface area (TPSA) is 29.5 Å². The van der Waals surface area contributed by atoms with E-state index in [1.54, 1.807) is 23.3 Å². The van der Waals surface area contributed by atoms with Crippen molar-refractivity contribution in [2.75, 3.05) is 20.7 Å². The van der Waals surface area contributed by atoms with Crippen LogP contribution in [0, 0.1) is 0 Å². The Hall–Kier alpha value is -1.81. The van der Waals surface area contributed by atoms with Crippen LogP contribution in [0.15, 0.2) is 41.8 Å². The monoisotopic (exact) mass is 289 g/mol. The number of nitrogens with zero attached hydrogens (tertiary/aromatic N) is 1. The summed E-state index contributed by atoms with van der Waals surface area (Å²) < 4.78 is 5.17. The summed E-state index contributed by atoms with van der Waals surface area (Å²) in [6, 6.07) is 11.8. The summed E-state index contributed by atoms with van der Waals surface area (Å²) in [7, 11) is 3.49. The molecule has 2 aromatic rings. The predicted molar refractivity (Wildman–Crippen MR) is 82.4 cm³/mol. The Morgan fingerprint density at radius 3 is 2.85 bits per heavy atom. The van der Waals surface area contributed by atoms with Gasteiger partial charge in [-0.3, -0.25) is 4.79 Å². The third-order valence-electron chi connectivity index (χ3n) is 3.19. The number of hydrogen-bond acceptors (Lipinski definition) is 3. The van der Waals surface area contributed by atoms with E-state index in [1.807, 2.05) is 37.4 Å². The lowest BCUT2D eigenvalue weighted by atomic mass is 10.1. The molecule has 0 aliphatic carbocycles. The Labute approximate surface area is 123 Å². The van der Waals surface area contributed by atoms with Crippen LogP contribution < -0.4 is 4.74 Å². The minimum absolute atomic E-state index is 0.134. The molecule has 0 saturated carbocycles. The number of methoxy groups -OCH3 is 1. The first-order valence-corrected chi connectivity index (χ1v) is 7.46. The lowest BCUT2D eigenvalue weighted by Crippen LogP contribution is -2.30. The lowest BCUT2D eigenvalue weighted by molar-refractivity contribution is -0.129. The van der Waals surface area contributed by atoms with Crippen molar-refractivity contribution >= 4 is 17.2 Å². The first-order chi connectivity index (χ1) is 9.69. The van der Waals surface area contributed by atoms with Gasteiger partial charge >= 0.3 is 0 Å². The van der Waals surface area contributed by atoms with Crippen molar-refractivity contribution < 1.29 is 9.53 Å². The third-order valence-corrected chi connectivity index (χ3v) is 4.13. The highest BCUT2D eigenvalue weighted by atomic mass is 32.1. The SMILES string of the molecule is COc1cccc(CC(=O)N(C)CCc2cccs2)c1. The molecule has 0 saturated heterocycles. The van der Waals surface area contributed by atoms with Crippen molar-refractivity contribution in [1.82, 2.24) is 4.90 Å². The van der Waals surface area contributed by atoms with E-state index in [1.165, 1.54) is 4.88 Å². The number of thiophene rings is 1. The van der Waals surface area contributed by atoms with Crippen LogP contribution in [0.25, 0.3) is 0 Å². The molecule has 1 heterocycles. The minimum Gasteiger partial charge on any atom is -0.497 e. The van der Waals surface area contributed by atoms with Crippen LogP contribution >= 0.6 is 11.3 Å². The second-order valence-corrected chi connectivity index (χ2v) is 5.71. The van der Waals surface area contributed by atoms with Crippen LogP contribution in [0.3, 0.4) is 0 Å². The van der Waals surface area contributed by atoms with Gasteiger partial charge in [0.2, 0.25) is 5.91 Å².